The van der Waals surface area contributed by atoms with E-state index in [0.717, 1.165) is 30.6 Å². The molecule has 1 amide bonds. The van der Waals surface area contributed by atoms with Crippen LogP contribution in [-0.4, -0.2) is 43.3 Å². The summed E-state index contributed by atoms with van der Waals surface area (Å²) in [7, 11) is -3.67. The zero-order valence-corrected chi connectivity index (χ0v) is 19.0. The maximum absolute atomic E-state index is 12.9. The lowest BCUT2D eigenvalue weighted by molar-refractivity contribution is -0.0494. The minimum absolute atomic E-state index is 0.0219. The number of alkyl halides is 2. The summed E-state index contributed by atoms with van der Waals surface area (Å²) < 4.78 is 57.1. The van der Waals surface area contributed by atoms with Crippen LogP contribution in [0.4, 0.5) is 13.9 Å². The third-order valence-electron chi connectivity index (χ3n) is 5.15. The Labute approximate surface area is 194 Å². The number of nitrogens with zero attached hydrogens (tertiary/aromatic N) is 2. The summed E-state index contributed by atoms with van der Waals surface area (Å²) in [5.41, 5.74) is 0.906. The van der Waals surface area contributed by atoms with Crippen molar-refractivity contribution >= 4 is 32.4 Å². The van der Waals surface area contributed by atoms with Crippen molar-refractivity contribution in [3.8, 4) is 17.0 Å². The van der Waals surface area contributed by atoms with E-state index in [-0.39, 0.29) is 21.3 Å². The van der Waals surface area contributed by atoms with Gasteiger partial charge >= 0.3 is 6.61 Å². The Morgan fingerprint density at radius 1 is 1.09 bits per heavy atom. The third kappa shape index (κ3) is 5.37. The van der Waals surface area contributed by atoms with E-state index >= 15 is 0 Å². The minimum atomic E-state index is -3.67. The molecule has 0 saturated carbocycles. The first-order chi connectivity index (χ1) is 15.8. The molecule has 1 aromatic heterocycles. The number of sulfonamides is 1. The molecule has 7 nitrogen and oxygen atoms in total. The fourth-order valence-electron chi connectivity index (χ4n) is 3.55. The molecule has 0 atom stereocenters. The molecule has 1 aliphatic rings. The van der Waals surface area contributed by atoms with Crippen LogP contribution >= 0.6 is 11.3 Å². The summed E-state index contributed by atoms with van der Waals surface area (Å²) in [5.74, 6) is -0.546. The van der Waals surface area contributed by atoms with Crippen molar-refractivity contribution in [3.05, 3.63) is 59.5 Å². The first-order valence-electron chi connectivity index (χ1n) is 10.3. The molecular formula is C22H21F2N3O4S2. The average Bonchev–Trinajstić information content (AvgIpc) is 3.28. The summed E-state index contributed by atoms with van der Waals surface area (Å²) in [6.07, 6.45) is 2.64. The van der Waals surface area contributed by atoms with Crippen molar-refractivity contribution in [2.24, 2.45) is 0 Å². The van der Waals surface area contributed by atoms with E-state index < -0.39 is 22.5 Å². The topological polar surface area (TPSA) is 88.6 Å². The molecule has 3 aromatic rings. The molecule has 1 fully saturated rings. The Morgan fingerprint density at radius 3 is 2.61 bits per heavy atom. The lowest BCUT2D eigenvalue weighted by Gasteiger charge is -2.26. The summed E-state index contributed by atoms with van der Waals surface area (Å²) >= 11 is 1.11. The SMILES string of the molecule is O=C(Nc1nc(-c2ccccc2OC(F)F)cs1)c1cccc(S(=O)(=O)N2CCCCC2)c1. The standard InChI is InChI=1S/C22H21F2N3O4S2/c23-21(24)31-19-10-3-2-9-17(19)18-14-32-22(25-18)26-20(28)15-7-6-8-16(13-15)33(29,30)27-11-4-1-5-12-27/h2-3,6-10,13-14,21H,1,4-5,11-12H2,(H,25,26,28). The molecular weight excluding hydrogens is 472 g/mol. The highest BCUT2D eigenvalue weighted by Crippen LogP contribution is 2.33. The van der Waals surface area contributed by atoms with E-state index in [2.05, 4.69) is 15.0 Å². The minimum Gasteiger partial charge on any atom is -0.434 e. The second kappa shape index (κ2) is 9.94. The number of halogens is 2. The zero-order valence-electron chi connectivity index (χ0n) is 17.4. The van der Waals surface area contributed by atoms with Crippen LogP contribution in [0.5, 0.6) is 5.75 Å². The van der Waals surface area contributed by atoms with Gasteiger partial charge in [0.2, 0.25) is 10.0 Å². The van der Waals surface area contributed by atoms with Crippen molar-refractivity contribution in [1.29, 1.82) is 0 Å². The predicted molar refractivity (Wildman–Crippen MR) is 121 cm³/mol. The first kappa shape index (κ1) is 23.3. The van der Waals surface area contributed by atoms with E-state index in [1.54, 1.807) is 23.6 Å². The van der Waals surface area contributed by atoms with Gasteiger partial charge in [0.1, 0.15) is 5.75 Å². The van der Waals surface area contributed by atoms with Crippen LogP contribution < -0.4 is 10.1 Å². The number of hydrogen-bond acceptors (Lipinski definition) is 6. The Balaban J connectivity index is 1.51. The molecule has 0 bridgehead atoms. The van der Waals surface area contributed by atoms with Gasteiger partial charge < -0.3 is 4.74 Å². The number of hydrogen-bond donors (Lipinski definition) is 1. The molecule has 174 valence electrons. The number of carbonyl (C=O) groups is 1. The number of nitrogens with one attached hydrogen (secondary N) is 1. The van der Waals surface area contributed by atoms with E-state index in [9.17, 15) is 22.0 Å². The largest absolute Gasteiger partial charge is 0.434 e. The molecule has 1 aliphatic heterocycles. The predicted octanol–water partition coefficient (Wildman–Crippen LogP) is 4.84. The van der Waals surface area contributed by atoms with Gasteiger partial charge in [0.25, 0.3) is 5.91 Å². The van der Waals surface area contributed by atoms with Crippen LogP contribution in [0.2, 0.25) is 0 Å². The highest BCUT2D eigenvalue weighted by molar-refractivity contribution is 7.89. The number of thiazole rings is 1. The van der Waals surface area contributed by atoms with Crippen molar-refractivity contribution in [2.75, 3.05) is 18.4 Å². The van der Waals surface area contributed by atoms with E-state index in [4.69, 9.17) is 0 Å². The molecule has 2 heterocycles. The number of anilines is 1. The Morgan fingerprint density at radius 2 is 1.85 bits per heavy atom. The normalized spacial score (nSPS) is 14.9. The molecule has 0 radical (unpaired) electrons. The summed E-state index contributed by atoms with van der Waals surface area (Å²) in [6.45, 7) is -2.04. The monoisotopic (exact) mass is 493 g/mol. The maximum Gasteiger partial charge on any atom is 0.387 e. The number of carbonyl (C=O) groups excluding carboxylic acids is 1. The van der Waals surface area contributed by atoms with Gasteiger partial charge in [-0.05, 0) is 43.2 Å². The van der Waals surface area contributed by atoms with Crippen LogP contribution in [0.25, 0.3) is 11.3 Å². The van der Waals surface area contributed by atoms with E-state index in [1.165, 1.54) is 34.6 Å². The highest BCUT2D eigenvalue weighted by Gasteiger charge is 2.26. The van der Waals surface area contributed by atoms with Crippen LogP contribution in [0.3, 0.4) is 0 Å². The van der Waals surface area contributed by atoms with Gasteiger partial charge in [-0.15, -0.1) is 11.3 Å². The van der Waals surface area contributed by atoms with Crippen LogP contribution in [-0.2, 0) is 10.0 Å². The summed E-state index contributed by atoms with van der Waals surface area (Å²) in [6, 6.07) is 12.1. The quantitative estimate of drug-likeness (QED) is 0.509. The van der Waals surface area contributed by atoms with Gasteiger partial charge in [-0.1, -0.05) is 24.6 Å². The molecule has 0 spiro atoms. The average molecular weight is 494 g/mol. The number of amides is 1. The first-order valence-corrected chi connectivity index (χ1v) is 12.6. The smallest absolute Gasteiger partial charge is 0.387 e. The van der Waals surface area contributed by atoms with Crippen LogP contribution in [0.1, 0.15) is 29.6 Å². The lowest BCUT2D eigenvalue weighted by atomic mass is 10.1. The molecule has 0 aliphatic carbocycles. The molecule has 4 rings (SSSR count). The highest BCUT2D eigenvalue weighted by atomic mass is 32.2. The van der Waals surface area contributed by atoms with Gasteiger partial charge in [0.05, 0.1) is 10.6 Å². The zero-order chi connectivity index (χ0) is 23.4. The third-order valence-corrected chi connectivity index (χ3v) is 7.81. The molecule has 1 saturated heterocycles. The summed E-state index contributed by atoms with van der Waals surface area (Å²) in [4.78, 5) is 17.1. The van der Waals surface area contributed by atoms with Gasteiger partial charge in [0, 0.05) is 29.6 Å². The van der Waals surface area contributed by atoms with Crippen molar-refractivity contribution in [2.45, 2.75) is 30.8 Å². The summed E-state index contributed by atoms with van der Waals surface area (Å²) in [5, 5.41) is 4.49. The van der Waals surface area contributed by atoms with Gasteiger partial charge in [-0.3, -0.25) is 10.1 Å². The molecule has 0 unspecified atom stereocenters. The number of para-hydroxylation sites is 1. The Kier molecular flexibility index (Phi) is 7.01. The fraction of sp³-hybridized carbons (Fsp3) is 0.273. The fourth-order valence-corrected chi connectivity index (χ4v) is 5.82. The van der Waals surface area contributed by atoms with E-state index in [0.29, 0.717) is 24.3 Å². The number of benzene rings is 2. The second-order valence-electron chi connectivity index (χ2n) is 7.36. The van der Waals surface area contributed by atoms with Gasteiger partial charge in [0.15, 0.2) is 5.13 Å². The second-order valence-corrected chi connectivity index (χ2v) is 10.2. The molecule has 33 heavy (non-hydrogen) atoms. The van der Waals surface area contributed by atoms with Crippen molar-refractivity contribution < 1.29 is 26.7 Å². The van der Waals surface area contributed by atoms with E-state index in [1.807, 2.05) is 0 Å². The molecule has 11 heteroatoms. The Hall–Kier alpha value is -2.89. The van der Waals surface area contributed by atoms with Gasteiger partial charge in [-0.2, -0.15) is 13.1 Å². The number of ether oxygens (including phenoxy) is 1. The number of aromatic nitrogens is 1. The van der Waals surface area contributed by atoms with Crippen molar-refractivity contribution in [1.82, 2.24) is 9.29 Å². The Bertz CT molecular complexity index is 1240. The molecule has 1 N–H and O–H groups in total. The van der Waals surface area contributed by atoms with Gasteiger partial charge in [-0.25, -0.2) is 13.4 Å². The van der Waals surface area contributed by atoms with Crippen LogP contribution in [0, 0.1) is 0 Å². The van der Waals surface area contributed by atoms with Crippen molar-refractivity contribution in [3.63, 3.8) is 0 Å². The number of piperidine rings is 1. The molecule has 2 aromatic carbocycles. The maximum atomic E-state index is 12.9. The van der Waals surface area contributed by atoms with Crippen LogP contribution in [0.15, 0.2) is 58.8 Å². The lowest BCUT2D eigenvalue weighted by Crippen LogP contribution is -2.35. The number of rotatable bonds is 7.